The Morgan fingerprint density at radius 1 is 0.766 bits per heavy atom. The minimum atomic E-state index is -1.52. The van der Waals surface area contributed by atoms with Crippen LogP contribution in [0.4, 0.5) is 15.8 Å². The van der Waals surface area contributed by atoms with Crippen molar-refractivity contribution < 1.29 is 23.5 Å². The van der Waals surface area contributed by atoms with E-state index in [1.165, 1.54) is 24.3 Å². The van der Waals surface area contributed by atoms with E-state index in [-0.39, 0.29) is 11.5 Å². The summed E-state index contributed by atoms with van der Waals surface area (Å²) in [6.07, 6.45) is 3.05. The van der Waals surface area contributed by atoms with Gasteiger partial charge in [0, 0.05) is 16.9 Å². The van der Waals surface area contributed by atoms with Gasteiger partial charge in [-0.25, -0.2) is 4.39 Å². The molecule has 6 nitrogen and oxygen atoms in total. The molecule has 8 rings (SSSR count). The third-order valence-corrected chi connectivity index (χ3v) is 9.63. The largest absolute Gasteiger partial charge is 0.452 e. The normalized spacial score (nSPS) is 22.0. The second kappa shape index (κ2) is 11.2. The predicted molar refractivity (Wildman–Crippen MR) is 177 cm³/mol. The Hall–Kier alpha value is -5.82. The van der Waals surface area contributed by atoms with Gasteiger partial charge in [-0.2, -0.15) is 0 Å². The second-order valence-corrected chi connectivity index (χ2v) is 12.1. The Bertz CT molecular complexity index is 2010. The van der Waals surface area contributed by atoms with Gasteiger partial charge in [0.1, 0.15) is 23.2 Å². The van der Waals surface area contributed by atoms with E-state index < -0.39 is 47.1 Å². The lowest BCUT2D eigenvalue weighted by Crippen LogP contribution is -2.51. The first-order valence-electron chi connectivity index (χ1n) is 15.5. The van der Waals surface area contributed by atoms with Crippen molar-refractivity contribution in [3.63, 3.8) is 0 Å². The zero-order valence-corrected chi connectivity index (χ0v) is 25.1. The molecule has 0 aliphatic carbocycles. The van der Waals surface area contributed by atoms with E-state index in [0.29, 0.717) is 11.3 Å². The Balaban J connectivity index is 1.36. The zero-order valence-electron chi connectivity index (χ0n) is 25.1. The van der Waals surface area contributed by atoms with E-state index in [9.17, 15) is 14.0 Å². The van der Waals surface area contributed by atoms with Crippen molar-refractivity contribution in [3.05, 3.63) is 173 Å². The molecule has 4 atom stereocenters. The first kappa shape index (κ1) is 28.6. The summed E-state index contributed by atoms with van der Waals surface area (Å²) in [4.78, 5) is 46.4. The van der Waals surface area contributed by atoms with E-state index in [1.807, 2.05) is 120 Å². The van der Waals surface area contributed by atoms with Crippen molar-refractivity contribution in [1.29, 1.82) is 0 Å². The minimum Gasteiger partial charge on any atom is -0.452 e. The number of amides is 1. The van der Waals surface area contributed by atoms with Gasteiger partial charge in [0.05, 0.1) is 6.04 Å². The first-order chi connectivity index (χ1) is 23.0. The number of fused-ring (bicyclic) bond motifs is 6. The third-order valence-electron chi connectivity index (χ3n) is 9.63. The summed E-state index contributed by atoms with van der Waals surface area (Å²) in [5.74, 6) is -3.24. The number of carbonyl (C=O) groups excluding carboxylic acids is 3. The number of carbonyl (C=O) groups is 3. The summed E-state index contributed by atoms with van der Waals surface area (Å²) in [7, 11) is 0. The Labute approximate surface area is 271 Å². The van der Waals surface area contributed by atoms with Crippen molar-refractivity contribution in [1.82, 2.24) is 0 Å². The van der Waals surface area contributed by atoms with Crippen molar-refractivity contribution in [3.8, 4) is 0 Å². The highest BCUT2D eigenvalue weighted by molar-refractivity contribution is 6.15. The van der Waals surface area contributed by atoms with Crippen LogP contribution < -0.4 is 10.2 Å². The van der Waals surface area contributed by atoms with E-state index >= 15 is 4.79 Å². The number of hydrogen-bond donors (Lipinski definition) is 1. The average Bonchev–Trinajstić information content (AvgIpc) is 3.60. The Morgan fingerprint density at radius 3 is 2.09 bits per heavy atom. The molecule has 5 aromatic carbocycles. The first-order valence-corrected chi connectivity index (χ1v) is 15.5. The number of rotatable bonds is 6. The van der Waals surface area contributed by atoms with Crippen LogP contribution in [0.1, 0.15) is 38.7 Å². The summed E-state index contributed by atoms with van der Waals surface area (Å²) < 4.78 is 20.6. The maximum Gasteiger partial charge on any atom is 0.314 e. The molecule has 3 heterocycles. The number of Topliss-reactive ketones (excluding diaryl/α,β-unsaturated/α-hetero) is 1. The maximum absolute atomic E-state index is 15.1. The van der Waals surface area contributed by atoms with Crippen molar-refractivity contribution in [2.24, 2.45) is 5.92 Å². The minimum absolute atomic E-state index is 0.228. The number of esters is 1. The van der Waals surface area contributed by atoms with Crippen LogP contribution in [-0.2, 0) is 19.7 Å². The number of halogens is 1. The van der Waals surface area contributed by atoms with Gasteiger partial charge in [-0.15, -0.1) is 0 Å². The number of para-hydroxylation sites is 2. The molecule has 0 aromatic heterocycles. The molecular weight excluding hydrogens is 591 g/mol. The smallest absolute Gasteiger partial charge is 0.314 e. The number of nitrogens with zero attached hydrogens (tertiary/aromatic N) is 1. The maximum atomic E-state index is 15.1. The van der Waals surface area contributed by atoms with Crippen LogP contribution in [-0.4, -0.2) is 29.7 Å². The van der Waals surface area contributed by atoms with Gasteiger partial charge in [0.2, 0.25) is 5.91 Å². The summed E-state index contributed by atoms with van der Waals surface area (Å²) in [6, 6.07) is 37.2. The number of ether oxygens (including phenoxy) is 1. The fourth-order valence-corrected chi connectivity index (χ4v) is 7.64. The fraction of sp³-hybridized carbons (Fsp3) is 0.125. The van der Waals surface area contributed by atoms with E-state index in [4.69, 9.17) is 4.74 Å². The van der Waals surface area contributed by atoms with Crippen LogP contribution in [0.3, 0.4) is 0 Å². The zero-order chi connectivity index (χ0) is 32.1. The van der Waals surface area contributed by atoms with Crippen LogP contribution in [0, 0.1) is 11.7 Å². The average molecular weight is 621 g/mol. The summed E-state index contributed by atoms with van der Waals surface area (Å²) >= 11 is 0. The lowest BCUT2D eigenvalue weighted by atomic mass is 9.66. The van der Waals surface area contributed by atoms with E-state index in [2.05, 4.69) is 5.32 Å². The van der Waals surface area contributed by atoms with Gasteiger partial charge in [-0.3, -0.25) is 14.4 Å². The van der Waals surface area contributed by atoms with Crippen molar-refractivity contribution in [2.45, 2.75) is 23.6 Å². The van der Waals surface area contributed by atoms with Gasteiger partial charge in [0.15, 0.2) is 11.9 Å². The monoisotopic (exact) mass is 620 g/mol. The summed E-state index contributed by atoms with van der Waals surface area (Å²) in [6.45, 7) is 0. The Morgan fingerprint density at radius 2 is 1.38 bits per heavy atom. The molecular formula is C40H29FN2O4. The topological polar surface area (TPSA) is 75.7 Å². The van der Waals surface area contributed by atoms with Crippen molar-refractivity contribution >= 4 is 35.1 Å². The van der Waals surface area contributed by atoms with Gasteiger partial charge in [-0.05, 0) is 58.7 Å². The number of anilines is 2. The van der Waals surface area contributed by atoms with Gasteiger partial charge in [-0.1, -0.05) is 109 Å². The van der Waals surface area contributed by atoms with Crippen LogP contribution >= 0.6 is 0 Å². The standard InChI is InChI=1S/C40H29FN2O4/c41-29-22-19-26(20-23-29)36(44)35-34(38(45)47-37(27-12-3-1-4-13-27)28-14-5-2-6-15-28)40(30-16-8-9-17-31(30)42-39(40)46)33-24-21-25-11-7-10-18-32(25)43(33)35/h1-24,33-35,37H,(H,42,46)/t33-,34-,35+,40+/m0/s1. The number of nitrogens with one attached hydrogen (secondary N) is 1. The molecule has 230 valence electrons. The molecule has 0 radical (unpaired) electrons. The molecule has 0 saturated carbocycles. The quantitative estimate of drug-likeness (QED) is 0.162. The van der Waals surface area contributed by atoms with Crippen LogP contribution in [0.15, 0.2) is 140 Å². The molecule has 3 aliphatic heterocycles. The van der Waals surface area contributed by atoms with E-state index in [0.717, 1.165) is 22.4 Å². The van der Waals surface area contributed by atoms with Crippen molar-refractivity contribution in [2.75, 3.05) is 10.2 Å². The number of ketones is 1. The highest BCUT2D eigenvalue weighted by Crippen LogP contribution is 2.58. The van der Waals surface area contributed by atoms with Crippen LogP contribution in [0.25, 0.3) is 6.08 Å². The Kier molecular flexibility index (Phi) is 6.83. The fourth-order valence-electron chi connectivity index (χ4n) is 7.64. The third kappa shape index (κ3) is 4.41. The van der Waals surface area contributed by atoms with Gasteiger partial charge >= 0.3 is 5.97 Å². The lowest BCUT2D eigenvalue weighted by molar-refractivity contribution is -0.156. The molecule has 1 spiro atoms. The molecule has 1 saturated heterocycles. The molecule has 0 unspecified atom stereocenters. The van der Waals surface area contributed by atoms with Crippen LogP contribution in [0.5, 0.6) is 0 Å². The summed E-state index contributed by atoms with van der Waals surface area (Å²) in [5, 5.41) is 3.03. The molecule has 3 aliphatic rings. The molecule has 47 heavy (non-hydrogen) atoms. The summed E-state index contributed by atoms with van der Waals surface area (Å²) in [5.41, 5.74) is 2.98. The number of hydrogen-bond acceptors (Lipinski definition) is 5. The lowest BCUT2D eigenvalue weighted by Gasteiger charge is -2.37. The molecule has 5 aromatic rings. The van der Waals surface area contributed by atoms with E-state index in [1.54, 1.807) is 6.07 Å². The van der Waals surface area contributed by atoms with Crippen LogP contribution in [0.2, 0.25) is 0 Å². The highest BCUT2D eigenvalue weighted by Gasteiger charge is 2.71. The molecule has 7 heteroatoms. The number of benzene rings is 5. The molecule has 1 fully saturated rings. The second-order valence-electron chi connectivity index (χ2n) is 12.1. The molecule has 1 N–H and O–H groups in total. The predicted octanol–water partition coefficient (Wildman–Crippen LogP) is 7.13. The molecule has 0 bridgehead atoms. The highest BCUT2D eigenvalue weighted by atomic mass is 19.1. The van der Waals surface area contributed by atoms with Gasteiger partial charge in [0.25, 0.3) is 0 Å². The molecule has 1 amide bonds. The SMILES string of the molecule is O=C(OC(c1ccccc1)c1ccccc1)[C@@H]1[C@H](C(=O)c2ccc(F)cc2)N2c3ccccc3C=C[C@H]2[C@@]12C(=O)Nc1ccccc12. The van der Waals surface area contributed by atoms with Gasteiger partial charge < -0.3 is 15.0 Å².